The Bertz CT molecular complexity index is 2890. The van der Waals surface area contributed by atoms with E-state index in [4.69, 9.17) is 5.73 Å². The van der Waals surface area contributed by atoms with Crippen LogP contribution in [0, 0.1) is 0 Å². The van der Waals surface area contributed by atoms with Gasteiger partial charge in [0, 0.05) is 11.8 Å². The number of azo groups is 1. The number of allylic oxidation sites excluding steroid dienone is 4. The molecule has 0 spiro atoms. The Hall–Kier alpha value is -6.89. The number of anilines is 5. The first kappa shape index (κ1) is 39.8. The first-order valence-electron chi connectivity index (χ1n) is 15.7. The van der Waals surface area contributed by atoms with Crippen LogP contribution in [0.2, 0.25) is 0 Å². The van der Waals surface area contributed by atoms with Crippen molar-refractivity contribution in [2.24, 2.45) is 20.4 Å². The van der Waals surface area contributed by atoms with Gasteiger partial charge >= 0.3 is 0 Å². The number of para-hydroxylation sites is 1. The molecule has 4 aromatic carbocycles. The third kappa shape index (κ3) is 8.99. The van der Waals surface area contributed by atoms with Crippen molar-refractivity contribution in [2.45, 2.75) is 9.79 Å². The molecule has 0 unspecified atom stereocenters. The van der Waals surface area contributed by atoms with Gasteiger partial charge in [-0.05, 0) is 84.5 Å². The highest BCUT2D eigenvalue weighted by Crippen LogP contribution is 2.41. The van der Waals surface area contributed by atoms with Crippen LogP contribution in [-0.2, 0) is 35.1 Å². The largest absolute Gasteiger partial charge is 0.505 e. The van der Waals surface area contributed by atoms with Crippen molar-refractivity contribution in [1.29, 1.82) is 0 Å². The number of nitrogen functional groups attached to an aromatic ring is 1. The van der Waals surface area contributed by atoms with Gasteiger partial charge in [-0.1, -0.05) is 18.2 Å². The summed E-state index contributed by atoms with van der Waals surface area (Å²) in [7, 11) is -15.3. The quantitative estimate of drug-likeness (QED) is 0.0318. The van der Waals surface area contributed by atoms with E-state index in [-0.39, 0.29) is 22.8 Å². The first-order chi connectivity index (χ1) is 26.8. The lowest BCUT2D eigenvalue weighted by molar-refractivity contribution is -0.110. The molecule has 0 bridgehead atoms. The Morgan fingerprint density at radius 3 is 1.91 bits per heavy atom. The standard InChI is InChI=1S/C34H26N8O12S3/c35-31-30-18(15-29(57(52,53)54)33(34(30)45)42-38-20-4-2-1-3-5-20)14-28(56(49,50)51)32(31)41-39-22-10-12-25(27(16-22)55(46,47)48)36-19-6-8-21(9-7-19)37-40-24-13-11-23(43)17-26(24)44/h1-17,36-38,44H,35H2,(H,46,47,48)(H,49,50,51)(H,52,53,54)/b40-24+,41-39?,42-33-. The normalized spacial score (nSPS) is 16.1. The summed E-state index contributed by atoms with van der Waals surface area (Å²) in [5, 5.41) is 28.1. The highest BCUT2D eigenvalue weighted by atomic mass is 32.2. The number of carbonyl (C=O) groups excluding carboxylic acids is 2. The van der Waals surface area contributed by atoms with Gasteiger partial charge in [-0.15, -0.1) is 5.11 Å². The van der Waals surface area contributed by atoms with Gasteiger partial charge in [0.05, 0.1) is 34.0 Å². The van der Waals surface area contributed by atoms with E-state index in [0.29, 0.717) is 29.2 Å². The second-order valence-corrected chi connectivity index (χ2v) is 15.9. The number of nitrogens with zero attached hydrogens (tertiary/aromatic N) is 4. The minimum absolute atomic E-state index is 0.103. The number of hydrazone groups is 2. The minimum Gasteiger partial charge on any atom is -0.505 e. The Labute approximate surface area is 322 Å². The lowest BCUT2D eigenvalue weighted by Gasteiger charge is -2.20. The van der Waals surface area contributed by atoms with Crippen LogP contribution in [0.4, 0.5) is 39.8 Å². The molecule has 292 valence electrons. The number of hydrogen-bond acceptors (Lipinski definition) is 17. The summed E-state index contributed by atoms with van der Waals surface area (Å²) in [5.41, 5.74) is 8.80. The summed E-state index contributed by atoms with van der Waals surface area (Å²) in [5.74, 6) is -1.93. The van der Waals surface area contributed by atoms with Gasteiger partial charge in [0.2, 0.25) is 5.78 Å². The van der Waals surface area contributed by atoms with Crippen molar-refractivity contribution < 1.29 is 53.6 Å². The Kier molecular flexibility index (Phi) is 10.7. The predicted octanol–water partition coefficient (Wildman–Crippen LogP) is 5.16. The van der Waals surface area contributed by atoms with Gasteiger partial charge in [-0.25, -0.2) is 0 Å². The minimum atomic E-state index is -5.23. The van der Waals surface area contributed by atoms with Gasteiger partial charge in [0.25, 0.3) is 30.4 Å². The molecule has 2 aliphatic rings. The SMILES string of the molecule is Nc1c(N=Nc2ccc(Nc3ccc(N/N=C4\C=CC(=O)C=C4O)cc3)c(S(=O)(=O)O)c2)c(S(=O)(=O)O)cc2c1C(=O)/C(=N\Nc1ccccc1)C(S(=O)(=O)O)=C2. The molecule has 20 nitrogen and oxygen atoms in total. The van der Waals surface area contributed by atoms with Gasteiger partial charge < -0.3 is 16.2 Å². The zero-order valence-electron chi connectivity index (χ0n) is 28.5. The molecule has 0 heterocycles. The maximum Gasteiger partial charge on any atom is 0.296 e. The number of ketones is 2. The molecule has 0 amide bonds. The molecule has 0 radical (unpaired) electrons. The first-order valence-corrected chi connectivity index (χ1v) is 20.1. The second-order valence-electron chi connectivity index (χ2n) is 11.8. The average molecular weight is 835 g/mol. The highest BCUT2D eigenvalue weighted by molar-refractivity contribution is 7.91. The molecule has 0 aromatic heterocycles. The molecule has 6 rings (SSSR count). The van der Waals surface area contributed by atoms with Gasteiger partial charge in [0.15, 0.2) is 11.5 Å². The van der Waals surface area contributed by atoms with E-state index in [1.54, 1.807) is 18.2 Å². The van der Waals surface area contributed by atoms with Crippen LogP contribution in [0.1, 0.15) is 15.9 Å². The Morgan fingerprint density at radius 2 is 1.28 bits per heavy atom. The number of Topliss-reactive ketones (excluding diaryl/α,β-unsaturated/α-hetero) is 1. The Morgan fingerprint density at radius 1 is 0.649 bits per heavy atom. The lowest BCUT2D eigenvalue weighted by atomic mass is 9.92. The van der Waals surface area contributed by atoms with Crippen molar-refractivity contribution in [3.8, 4) is 0 Å². The molecule has 0 fully saturated rings. The van der Waals surface area contributed by atoms with E-state index in [2.05, 4.69) is 36.6 Å². The number of aliphatic hydroxyl groups is 1. The molecule has 2 aliphatic carbocycles. The molecular formula is C34H26N8O12S3. The predicted molar refractivity (Wildman–Crippen MR) is 208 cm³/mol. The molecular weight excluding hydrogens is 809 g/mol. The third-order valence-corrected chi connectivity index (χ3v) is 10.5. The Balaban J connectivity index is 1.33. The summed E-state index contributed by atoms with van der Waals surface area (Å²) in [6.45, 7) is 0. The fraction of sp³-hybridized carbons (Fsp3) is 0. The molecule has 0 aliphatic heterocycles. The number of nitrogens with two attached hydrogens (primary N) is 1. The molecule has 0 atom stereocenters. The summed E-state index contributed by atoms with van der Waals surface area (Å²) in [4.78, 5) is 22.3. The van der Waals surface area contributed by atoms with Crippen molar-refractivity contribution in [1.82, 2.24) is 0 Å². The van der Waals surface area contributed by atoms with Gasteiger partial charge in [-0.3, -0.25) is 34.1 Å². The summed E-state index contributed by atoms with van der Waals surface area (Å²) < 4.78 is 104. The van der Waals surface area contributed by atoms with Crippen molar-refractivity contribution in [2.75, 3.05) is 21.9 Å². The van der Waals surface area contributed by atoms with Crippen LogP contribution >= 0.6 is 0 Å². The fourth-order valence-electron chi connectivity index (χ4n) is 5.23. The smallest absolute Gasteiger partial charge is 0.296 e. The number of carbonyl (C=O) groups is 2. The molecule has 0 saturated carbocycles. The van der Waals surface area contributed by atoms with E-state index in [1.807, 2.05) is 0 Å². The van der Waals surface area contributed by atoms with Gasteiger partial charge in [-0.2, -0.15) is 40.6 Å². The summed E-state index contributed by atoms with van der Waals surface area (Å²) in [6, 6.07) is 18.0. The van der Waals surface area contributed by atoms with Crippen LogP contribution in [0.3, 0.4) is 0 Å². The van der Waals surface area contributed by atoms with E-state index in [1.165, 1.54) is 60.7 Å². The van der Waals surface area contributed by atoms with Crippen molar-refractivity contribution in [3.63, 3.8) is 0 Å². The fourth-order valence-corrected chi connectivity index (χ4v) is 7.23. The van der Waals surface area contributed by atoms with Crippen LogP contribution < -0.4 is 21.9 Å². The number of hydrogen-bond donors (Lipinski definition) is 8. The highest BCUT2D eigenvalue weighted by Gasteiger charge is 2.37. The molecule has 57 heavy (non-hydrogen) atoms. The van der Waals surface area contributed by atoms with E-state index in [9.17, 15) is 53.6 Å². The molecule has 9 N–H and O–H groups in total. The van der Waals surface area contributed by atoms with E-state index >= 15 is 0 Å². The topological polar surface area (TPSA) is 329 Å². The molecule has 0 saturated heterocycles. The number of nitrogens with one attached hydrogen (secondary N) is 3. The van der Waals surface area contributed by atoms with Gasteiger partial charge in [0.1, 0.15) is 31.9 Å². The monoisotopic (exact) mass is 834 g/mol. The van der Waals surface area contributed by atoms with Crippen LogP contribution in [-0.4, -0.2) is 67.0 Å². The number of aliphatic hydroxyl groups excluding tert-OH is 1. The van der Waals surface area contributed by atoms with Crippen LogP contribution in [0.15, 0.2) is 138 Å². The third-order valence-electron chi connectivity index (χ3n) is 7.85. The number of fused-ring (bicyclic) bond motifs is 1. The number of rotatable bonds is 11. The maximum atomic E-state index is 13.7. The summed E-state index contributed by atoms with van der Waals surface area (Å²) >= 11 is 0. The van der Waals surface area contributed by atoms with Crippen molar-refractivity contribution >= 4 is 99.2 Å². The lowest BCUT2D eigenvalue weighted by Crippen LogP contribution is -2.28. The molecule has 4 aromatic rings. The zero-order valence-corrected chi connectivity index (χ0v) is 30.9. The van der Waals surface area contributed by atoms with Crippen molar-refractivity contribution in [3.05, 3.63) is 119 Å². The summed E-state index contributed by atoms with van der Waals surface area (Å²) in [6.07, 6.45) is 4.25. The average Bonchev–Trinajstić information content (AvgIpc) is 3.13. The van der Waals surface area contributed by atoms with E-state index in [0.717, 1.165) is 12.1 Å². The van der Waals surface area contributed by atoms with Crippen LogP contribution in [0.5, 0.6) is 0 Å². The number of benzene rings is 4. The zero-order chi connectivity index (χ0) is 41.3. The van der Waals surface area contributed by atoms with E-state index < -0.39 is 84.8 Å². The maximum absolute atomic E-state index is 13.7. The van der Waals surface area contributed by atoms with Crippen LogP contribution in [0.25, 0.3) is 6.08 Å². The molecule has 23 heteroatoms. The second kappa shape index (κ2) is 15.3.